The molecule has 1 atom stereocenters. The molecule has 1 aliphatic rings. The minimum absolute atomic E-state index is 0.142. The van der Waals surface area contributed by atoms with Crippen LogP contribution in [0, 0.1) is 0 Å². The lowest BCUT2D eigenvalue weighted by molar-refractivity contribution is -0.0834. The minimum atomic E-state index is 0.142. The lowest BCUT2D eigenvalue weighted by atomic mass is 10.3. The Morgan fingerprint density at radius 1 is 1.40 bits per heavy atom. The van der Waals surface area contributed by atoms with Gasteiger partial charge >= 0.3 is 0 Å². The van der Waals surface area contributed by atoms with E-state index in [1.54, 1.807) is 0 Å². The zero-order valence-electron chi connectivity index (χ0n) is 6.80. The third kappa shape index (κ3) is 3.82. The van der Waals surface area contributed by atoms with Crippen molar-refractivity contribution >= 4 is 0 Å². The van der Waals surface area contributed by atoms with Gasteiger partial charge in [0.05, 0.1) is 25.9 Å². The minimum Gasteiger partial charge on any atom is -0.376 e. The molecule has 2 N–H and O–H groups in total. The summed E-state index contributed by atoms with van der Waals surface area (Å²) >= 11 is 0. The van der Waals surface area contributed by atoms with Crippen molar-refractivity contribution in [3.8, 4) is 0 Å². The summed E-state index contributed by atoms with van der Waals surface area (Å²) < 4.78 is 10.2. The van der Waals surface area contributed by atoms with E-state index in [2.05, 4.69) is 0 Å². The predicted molar refractivity (Wildman–Crippen MR) is 41.0 cm³/mol. The summed E-state index contributed by atoms with van der Waals surface area (Å²) in [5.41, 5.74) is 5.30. The summed E-state index contributed by atoms with van der Waals surface area (Å²) in [5, 5.41) is 0. The highest BCUT2D eigenvalue weighted by atomic mass is 16.6. The highest BCUT2D eigenvalue weighted by Crippen LogP contribution is 1.96. The molecule has 0 spiro atoms. The molecule has 1 heterocycles. The number of rotatable bonds is 1. The summed E-state index contributed by atoms with van der Waals surface area (Å²) in [6.07, 6.45) is 0.142. The van der Waals surface area contributed by atoms with E-state index < -0.39 is 0 Å². The molecule has 0 aromatic heterocycles. The molecule has 0 amide bonds. The Hall–Kier alpha value is -0.120. The molecule has 1 fully saturated rings. The van der Waals surface area contributed by atoms with Crippen molar-refractivity contribution in [1.29, 1.82) is 0 Å². The normalized spacial score (nSPS) is 24.9. The van der Waals surface area contributed by atoms with Gasteiger partial charge in [-0.15, -0.1) is 0 Å². The summed E-state index contributed by atoms with van der Waals surface area (Å²) in [4.78, 5) is 0. The van der Waals surface area contributed by atoms with Crippen LogP contribution in [0.15, 0.2) is 0 Å². The largest absolute Gasteiger partial charge is 0.376 e. The molecule has 0 aliphatic carbocycles. The van der Waals surface area contributed by atoms with Gasteiger partial charge in [-0.25, -0.2) is 0 Å². The average molecular weight is 147 g/mol. The van der Waals surface area contributed by atoms with Gasteiger partial charge in [0.25, 0.3) is 0 Å². The Balaban J connectivity index is 0.000000371. The van der Waals surface area contributed by atoms with E-state index in [1.807, 2.05) is 13.8 Å². The van der Waals surface area contributed by atoms with Crippen LogP contribution in [0.25, 0.3) is 0 Å². The number of nitrogens with two attached hydrogens (primary N) is 1. The van der Waals surface area contributed by atoms with Crippen LogP contribution >= 0.6 is 0 Å². The molecule has 0 saturated carbocycles. The first-order valence-electron chi connectivity index (χ1n) is 3.83. The molecule has 0 radical (unpaired) electrons. The second-order valence-electron chi connectivity index (χ2n) is 1.80. The molecule has 10 heavy (non-hydrogen) atoms. The molecular weight excluding hydrogens is 130 g/mol. The van der Waals surface area contributed by atoms with Gasteiger partial charge in [0.15, 0.2) is 0 Å². The summed E-state index contributed by atoms with van der Waals surface area (Å²) in [6.45, 7) is 6.65. The van der Waals surface area contributed by atoms with Crippen molar-refractivity contribution in [3.05, 3.63) is 0 Å². The molecular formula is C7H17NO2. The van der Waals surface area contributed by atoms with Gasteiger partial charge < -0.3 is 15.2 Å². The van der Waals surface area contributed by atoms with E-state index in [0.717, 1.165) is 6.61 Å². The Kier molecular flexibility index (Phi) is 6.91. The number of hydrogen-bond donors (Lipinski definition) is 1. The molecule has 1 aliphatic heterocycles. The lowest BCUT2D eigenvalue weighted by Crippen LogP contribution is -2.34. The maximum atomic E-state index is 5.30. The zero-order chi connectivity index (χ0) is 7.82. The Labute approximate surface area is 62.5 Å². The average Bonchev–Trinajstić information content (AvgIpc) is 2.10. The Morgan fingerprint density at radius 3 is 2.40 bits per heavy atom. The molecule has 62 valence electrons. The van der Waals surface area contributed by atoms with E-state index in [0.29, 0.717) is 19.8 Å². The van der Waals surface area contributed by atoms with E-state index in [4.69, 9.17) is 15.2 Å². The second-order valence-corrected chi connectivity index (χ2v) is 1.80. The third-order valence-corrected chi connectivity index (χ3v) is 1.15. The highest BCUT2D eigenvalue weighted by Gasteiger charge is 2.10. The highest BCUT2D eigenvalue weighted by molar-refractivity contribution is 4.59. The van der Waals surface area contributed by atoms with Gasteiger partial charge in [0.2, 0.25) is 0 Å². The quantitative estimate of drug-likeness (QED) is 0.583. The van der Waals surface area contributed by atoms with Gasteiger partial charge in [-0.2, -0.15) is 0 Å². The van der Waals surface area contributed by atoms with Crippen LogP contribution in [0.4, 0.5) is 0 Å². The van der Waals surface area contributed by atoms with Crippen LogP contribution in [0.5, 0.6) is 0 Å². The van der Waals surface area contributed by atoms with Crippen LogP contribution in [-0.2, 0) is 9.47 Å². The molecule has 0 aromatic rings. The Bertz CT molecular complexity index is 62.6. The van der Waals surface area contributed by atoms with Gasteiger partial charge in [-0.1, -0.05) is 13.8 Å². The van der Waals surface area contributed by atoms with Crippen LogP contribution in [0.1, 0.15) is 13.8 Å². The summed E-state index contributed by atoms with van der Waals surface area (Å²) in [7, 11) is 0. The predicted octanol–water partition coefficient (Wildman–Crippen LogP) is 0.387. The van der Waals surface area contributed by atoms with Crippen LogP contribution in [0.3, 0.4) is 0 Å². The fourth-order valence-electron chi connectivity index (χ4n) is 0.673. The molecule has 1 rings (SSSR count). The monoisotopic (exact) mass is 147 g/mol. The van der Waals surface area contributed by atoms with Crippen molar-refractivity contribution in [2.24, 2.45) is 5.73 Å². The topological polar surface area (TPSA) is 44.5 Å². The third-order valence-electron chi connectivity index (χ3n) is 1.15. The van der Waals surface area contributed by atoms with Gasteiger partial charge in [0, 0.05) is 6.54 Å². The van der Waals surface area contributed by atoms with Crippen molar-refractivity contribution < 1.29 is 9.47 Å². The molecule has 0 bridgehead atoms. The van der Waals surface area contributed by atoms with Gasteiger partial charge in [-0.3, -0.25) is 0 Å². The van der Waals surface area contributed by atoms with Crippen molar-refractivity contribution in [3.63, 3.8) is 0 Å². The van der Waals surface area contributed by atoms with E-state index in [1.165, 1.54) is 0 Å². The van der Waals surface area contributed by atoms with Crippen LogP contribution in [0.2, 0.25) is 0 Å². The summed E-state index contributed by atoms with van der Waals surface area (Å²) in [6, 6.07) is 0. The fourth-order valence-corrected chi connectivity index (χ4v) is 0.673. The smallest absolute Gasteiger partial charge is 0.0931 e. The fraction of sp³-hybridized carbons (Fsp3) is 1.00. The van der Waals surface area contributed by atoms with E-state index in [-0.39, 0.29) is 6.10 Å². The maximum Gasteiger partial charge on any atom is 0.0931 e. The maximum absolute atomic E-state index is 5.30. The van der Waals surface area contributed by atoms with Crippen molar-refractivity contribution in [1.82, 2.24) is 0 Å². The summed E-state index contributed by atoms with van der Waals surface area (Å²) in [5.74, 6) is 0. The molecule has 1 saturated heterocycles. The van der Waals surface area contributed by atoms with Gasteiger partial charge in [0.1, 0.15) is 0 Å². The first-order chi connectivity index (χ1) is 4.93. The van der Waals surface area contributed by atoms with E-state index >= 15 is 0 Å². The van der Waals surface area contributed by atoms with Crippen LogP contribution < -0.4 is 5.73 Å². The Morgan fingerprint density at radius 2 is 2.10 bits per heavy atom. The standard InChI is InChI=1S/C5H11NO2.C2H6/c6-3-5-4-7-1-2-8-5;1-2/h5H,1-4,6H2;1-2H3. The number of ether oxygens (including phenoxy) is 2. The molecule has 1 unspecified atom stereocenters. The molecule has 3 heteroatoms. The molecule has 0 aromatic carbocycles. The first-order valence-corrected chi connectivity index (χ1v) is 3.83. The van der Waals surface area contributed by atoms with Gasteiger partial charge in [-0.05, 0) is 0 Å². The van der Waals surface area contributed by atoms with Crippen molar-refractivity contribution in [2.45, 2.75) is 20.0 Å². The molecule has 3 nitrogen and oxygen atoms in total. The SMILES string of the molecule is CC.NCC1COCCO1. The van der Waals surface area contributed by atoms with Crippen LogP contribution in [-0.4, -0.2) is 32.5 Å². The number of hydrogen-bond acceptors (Lipinski definition) is 3. The second kappa shape index (κ2) is 6.99. The van der Waals surface area contributed by atoms with E-state index in [9.17, 15) is 0 Å². The lowest BCUT2D eigenvalue weighted by Gasteiger charge is -2.20. The first kappa shape index (κ1) is 9.88. The van der Waals surface area contributed by atoms with Crippen molar-refractivity contribution in [2.75, 3.05) is 26.4 Å². The zero-order valence-corrected chi connectivity index (χ0v) is 6.80.